The molecule has 0 bridgehead atoms. The number of esters is 2. The average molecular weight is 238 g/mol. The monoisotopic (exact) mass is 238 g/mol. The van der Waals surface area contributed by atoms with Crippen LogP contribution < -0.4 is 0 Å². The molecule has 1 heterocycles. The summed E-state index contributed by atoms with van der Waals surface area (Å²) in [5, 5.41) is 0. The summed E-state index contributed by atoms with van der Waals surface area (Å²) in [6.07, 6.45) is 5.18. The molecular formula is C14H22O3. The van der Waals surface area contributed by atoms with E-state index in [4.69, 9.17) is 4.74 Å². The van der Waals surface area contributed by atoms with E-state index in [-0.39, 0.29) is 17.4 Å². The van der Waals surface area contributed by atoms with Crippen LogP contribution >= 0.6 is 0 Å². The molecule has 0 aromatic carbocycles. The smallest absolute Gasteiger partial charge is 0.320 e. The Bertz CT molecular complexity index is 340. The van der Waals surface area contributed by atoms with Gasteiger partial charge in [0.25, 0.3) is 0 Å². The number of cyclic esters (lactones) is 2. The first kappa shape index (κ1) is 12.6. The summed E-state index contributed by atoms with van der Waals surface area (Å²) < 4.78 is 4.75. The van der Waals surface area contributed by atoms with Gasteiger partial charge in [0, 0.05) is 0 Å². The number of carbonyl (C=O) groups excluding carboxylic acids is 2. The molecule has 0 N–H and O–H groups in total. The first-order valence-electron chi connectivity index (χ1n) is 6.59. The van der Waals surface area contributed by atoms with Crippen LogP contribution in [0.1, 0.15) is 59.3 Å². The summed E-state index contributed by atoms with van der Waals surface area (Å²) in [6, 6.07) is 0. The van der Waals surface area contributed by atoms with Gasteiger partial charge >= 0.3 is 11.9 Å². The lowest BCUT2D eigenvalue weighted by Gasteiger charge is -2.30. The molecule has 3 nitrogen and oxygen atoms in total. The molecule has 0 aromatic heterocycles. The van der Waals surface area contributed by atoms with E-state index in [1.807, 2.05) is 0 Å². The van der Waals surface area contributed by atoms with Gasteiger partial charge in [-0.15, -0.1) is 0 Å². The van der Waals surface area contributed by atoms with Crippen molar-refractivity contribution in [1.82, 2.24) is 0 Å². The standard InChI is InChI=1S/C14H22O3/c1-13(2,3)10-5-4-7-14(8-6-10)9-11(15)17-12(14)16/h10H,4-9H2,1-3H3. The maximum absolute atomic E-state index is 11.8. The van der Waals surface area contributed by atoms with Crippen molar-refractivity contribution >= 4 is 11.9 Å². The molecule has 2 fully saturated rings. The van der Waals surface area contributed by atoms with Crippen molar-refractivity contribution in [2.75, 3.05) is 0 Å². The summed E-state index contributed by atoms with van der Waals surface area (Å²) in [5.41, 5.74) is -0.185. The molecule has 2 unspecified atom stereocenters. The van der Waals surface area contributed by atoms with Crippen LogP contribution in [-0.4, -0.2) is 11.9 Å². The maximum Gasteiger partial charge on any atom is 0.320 e. The van der Waals surface area contributed by atoms with Crippen LogP contribution in [0.25, 0.3) is 0 Å². The Morgan fingerprint density at radius 3 is 2.41 bits per heavy atom. The number of carbonyl (C=O) groups is 2. The summed E-state index contributed by atoms with van der Waals surface area (Å²) >= 11 is 0. The highest BCUT2D eigenvalue weighted by Gasteiger charge is 2.50. The van der Waals surface area contributed by atoms with Gasteiger partial charge in [-0.25, -0.2) is 0 Å². The van der Waals surface area contributed by atoms with Crippen molar-refractivity contribution in [1.29, 1.82) is 0 Å². The van der Waals surface area contributed by atoms with E-state index in [9.17, 15) is 9.59 Å². The zero-order valence-corrected chi connectivity index (χ0v) is 11.0. The fraction of sp³-hybridized carbons (Fsp3) is 0.857. The largest absolute Gasteiger partial charge is 0.393 e. The lowest BCUT2D eigenvalue weighted by molar-refractivity contribution is -0.155. The normalized spacial score (nSPS) is 34.9. The highest BCUT2D eigenvalue weighted by atomic mass is 16.6. The lowest BCUT2D eigenvalue weighted by atomic mass is 9.74. The topological polar surface area (TPSA) is 43.4 Å². The molecule has 17 heavy (non-hydrogen) atoms. The molecule has 2 atom stereocenters. The second kappa shape index (κ2) is 4.11. The van der Waals surface area contributed by atoms with Crippen molar-refractivity contribution in [3.8, 4) is 0 Å². The molecule has 1 aliphatic heterocycles. The van der Waals surface area contributed by atoms with Gasteiger partial charge in [-0.2, -0.15) is 0 Å². The molecule has 2 aliphatic rings. The van der Waals surface area contributed by atoms with Crippen LogP contribution in [0.5, 0.6) is 0 Å². The van der Waals surface area contributed by atoms with E-state index in [0.29, 0.717) is 12.3 Å². The van der Waals surface area contributed by atoms with Crippen molar-refractivity contribution in [2.45, 2.75) is 59.3 Å². The molecule has 1 spiro atoms. The van der Waals surface area contributed by atoms with Gasteiger partial charge < -0.3 is 4.74 Å². The van der Waals surface area contributed by atoms with Gasteiger partial charge in [-0.3, -0.25) is 9.59 Å². The number of hydrogen-bond donors (Lipinski definition) is 0. The van der Waals surface area contributed by atoms with E-state index in [0.717, 1.165) is 32.1 Å². The molecule has 2 rings (SSSR count). The SMILES string of the molecule is CC(C)(C)C1CCCC2(CC1)CC(=O)OC2=O. The minimum atomic E-state index is -0.475. The van der Waals surface area contributed by atoms with Crippen molar-refractivity contribution < 1.29 is 14.3 Å². The minimum absolute atomic E-state index is 0.267. The lowest BCUT2D eigenvalue weighted by Crippen LogP contribution is -2.26. The van der Waals surface area contributed by atoms with Crippen molar-refractivity contribution in [3.05, 3.63) is 0 Å². The fourth-order valence-electron chi connectivity index (χ4n) is 3.25. The van der Waals surface area contributed by atoms with E-state index >= 15 is 0 Å². The van der Waals surface area contributed by atoms with Crippen LogP contribution in [-0.2, 0) is 14.3 Å². The Morgan fingerprint density at radius 2 is 1.88 bits per heavy atom. The van der Waals surface area contributed by atoms with E-state index in [2.05, 4.69) is 20.8 Å². The van der Waals surface area contributed by atoms with Crippen molar-refractivity contribution in [3.63, 3.8) is 0 Å². The molecule has 3 heteroatoms. The number of ether oxygens (including phenoxy) is 1. The molecule has 0 amide bonds. The zero-order chi connectivity index (χ0) is 12.7. The third-order valence-electron chi connectivity index (χ3n) is 4.53. The summed E-state index contributed by atoms with van der Waals surface area (Å²) in [6.45, 7) is 6.77. The third-order valence-corrected chi connectivity index (χ3v) is 4.53. The highest BCUT2D eigenvalue weighted by Crippen LogP contribution is 2.47. The van der Waals surface area contributed by atoms with Gasteiger partial charge in [-0.1, -0.05) is 27.2 Å². The predicted molar refractivity (Wildman–Crippen MR) is 64.2 cm³/mol. The Labute approximate surface area is 103 Å². The quantitative estimate of drug-likeness (QED) is 0.481. The molecule has 1 aliphatic carbocycles. The van der Waals surface area contributed by atoms with Crippen molar-refractivity contribution in [2.24, 2.45) is 16.7 Å². The molecule has 1 saturated heterocycles. The van der Waals surface area contributed by atoms with Crippen LogP contribution in [0.4, 0.5) is 0 Å². The number of rotatable bonds is 0. The van der Waals surface area contributed by atoms with Crippen LogP contribution in [0.3, 0.4) is 0 Å². The fourth-order valence-corrected chi connectivity index (χ4v) is 3.25. The maximum atomic E-state index is 11.8. The summed E-state index contributed by atoms with van der Waals surface area (Å²) in [4.78, 5) is 23.1. The highest BCUT2D eigenvalue weighted by molar-refractivity contribution is 5.97. The zero-order valence-electron chi connectivity index (χ0n) is 11.0. The summed E-state index contributed by atoms with van der Waals surface area (Å²) in [5.74, 6) is 0.0478. The van der Waals surface area contributed by atoms with E-state index in [1.165, 1.54) is 0 Å². The van der Waals surface area contributed by atoms with Gasteiger partial charge in [0.15, 0.2) is 0 Å². The van der Waals surface area contributed by atoms with Gasteiger partial charge in [0.2, 0.25) is 0 Å². The summed E-state index contributed by atoms with van der Waals surface area (Å²) in [7, 11) is 0. The van der Waals surface area contributed by atoms with Gasteiger partial charge in [0.05, 0.1) is 11.8 Å². The molecule has 0 radical (unpaired) electrons. The third kappa shape index (κ3) is 2.38. The Balaban J connectivity index is 2.10. The van der Waals surface area contributed by atoms with E-state index in [1.54, 1.807) is 0 Å². The van der Waals surface area contributed by atoms with E-state index < -0.39 is 5.41 Å². The first-order valence-corrected chi connectivity index (χ1v) is 6.59. The molecule has 96 valence electrons. The Kier molecular flexibility index (Phi) is 3.04. The van der Waals surface area contributed by atoms with Gasteiger partial charge in [-0.05, 0) is 37.0 Å². The van der Waals surface area contributed by atoms with Gasteiger partial charge in [0.1, 0.15) is 0 Å². The van der Waals surface area contributed by atoms with Crippen LogP contribution in [0.2, 0.25) is 0 Å². The molecular weight excluding hydrogens is 216 g/mol. The second-order valence-electron chi connectivity index (χ2n) is 6.71. The predicted octanol–water partition coefficient (Wildman–Crippen LogP) is 3.07. The second-order valence-corrected chi connectivity index (χ2v) is 6.71. The minimum Gasteiger partial charge on any atom is -0.393 e. The van der Waals surface area contributed by atoms with Crippen LogP contribution in [0, 0.1) is 16.7 Å². The average Bonchev–Trinajstić information content (AvgIpc) is 2.37. The molecule has 1 saturated carbocycles. The van der Waals surface area contributed by atoms with Crippen LogP contribution in [0.15, 0.2) is 0 Å². The Morgan fingerprint density at radius 1 is 1.18 bits per heavy atom. The number of hydrogen-bond acceptors (Lipinski definition) is 3. The Hall–Kier alpha value is -0.860. The molecule has 0 aromatic rings. The first-order chi connectivity index (χ1) is 7.83.